The zero-order chi connectivity index (χ0) is 18.1. The average molecular weight is 344 g/mol. The lowest BCUT2D eigenvalue weighted by molar-refractivity contribution is -0.125. The number of carbonyl (C=O) groups is 2. The first-order chi connectivity index (χ1) is 11.9. The number of aryl methyl sites for hydroxylation is 1. The van der Waals surface area contributed by atoms with Gasteiger partial charge in [-0.15, -0.1) is 0 Å². The Morgan fingerprint density at radius 1 is 1.36 bits per heavy atom. The molecule has 0 radical (unpaired) electrons. The smallest absolute Gasteiger partial charge is 0.230 e. The normalized spacial score (nSPS) is 23.0. The van der Waals surface area contributed by atoms with Crippen molar-refractivity contribution in [3.8, 4) is 5.75 Å². The van der Waals surface area contributed by atoms with Gasteiger partial charge in [0.15, 0.2) is 0 Å². The van der Waals surface area contributed by atoms with E-state index in [4.69, 9.17) is 4.74 Å². The maximum atomic E-state index is 12.5. The highest BCUT2D eigenvalue weighted by molar-refractivity contribution is 6.05. The highest BCUT2D eigenvalue weighted by Gasteiger charge is 2.37. The number of amidine groups is 1. The highest BCUT2D eigenvalue weighted by Crippen LogP contribution is 2.34. The fourth-order valence-corrected chi connectivity index (χ4v) is 3.19. The summed E-state index contributed by atoms with van der Waals surface area (Å²) >= 11 is 0. The molecule has 1 aromatic carbocycles. The molecule has 0 aliphatic carbocycles. The van der Waals surface area contributed by atoms with Gasteiger partial charge in [-0.2, -0.15) is 5.10 Å². The van der Waals surface area contributed by atoms with E-state index in [1.54, 1.807) is 12.0 Å². The van der Waals surface area contributed by atoms with Crippen LogP contribution in [0.1, 0.15) is 25.3 Å². The fourth-order valence-electron chi connectivity index (χ4n) is 3.19. The van der Waals surface area contributed by atoms with Gasteiger partial charge in [-0.05, 0) is 31.5 Å². The Hall–Kier alpha value is -2.57. The van der Waals surface area contributed by atoms with Crippen LogP contribution in [0.3, 0.4) is 0 Å². The Morgan fingerprint density at radius 3 is 2.76 bits per heavy atom. The van der Waals surface area contributed by atoms with Crippen molar-refractivity contribution in [3.63, 3.8) is 0 Å². The predicted molar refractivity (Wildman–Crippen MR) is 95.6 cm³/mol. The third kappa shape index (κ3) is 3.45. The van der Waals surface area contributed by atoms with Crippen LogP contribution in [0, 0.1) is 12.8 Å². The quantitative estimate of drug-likeness (QED) is 0.902. The Labute approximate surface area is 147 Å². The number of ether oxygens (including phenoxy) is 1. The van der Waals surface area contributed by atoms with Gasteiger partial charge in [-0.25, -0.2) is 0 Å². The molecule has 2 amide bonds. The van der Waals surface area contributed by atoms with Gasteiger partial charge in [0.25, 0.3) is 0 Å². The van der Waals surface area contributed by atoms with Crippen LogP contribution in [-0.2, 0) is 9.59 Å². The number of nitrogens with one attached hydrogen (secondary N) is 1. The lowest BCUT2D eigenvalue weighted by Crippen LogP contribution is -2.36. The molecule has 1 saturated heterocycles. The highest BCUT2D eigenvalue weighted by atomic mass is 16.5. The number of hydrazone groups is 1. The molecular weight excluding hydrogens is 320 g/mol. The van der Waals surface area contributed by atoms with E-state index in [0.29, 0.717) is 24.6 Å². The number of hydrogen-bond acceptors (Lipinski definition) is 5. The number of hydrogen-bond donors (Lipinski definition) is 1. The van der Waals surface area contributed by atoms with Crippen LogP contribution in [0.2, 0.25) is 0 Å². The summed E-state index contributed by atoms with van der Waals surface area (Å²) in [6.07, 6.45) is 0.903. The molecule has 2 aliphatic rings. The molecule has 7 nitrogen and oxygen atoms in total. The number of methoxy groups -OCH3 is 1. The number of amides is 2. The summed E-state index contributed by atoms with van der Waals surface area (Å²) in [6, 6.07) is 5.96. The van der Waals surface area contributed by atoms with E-state index in [1.165, 1.54) is 0 Å². The second-order valence-corrected chi connectivity index (χ2v) is 6.74. The van der Waals surface area contributed by atoms with Crippen molar-refractivity contribution in [3.05, 3.63) is 23.8 Å². The molecule has 2 aliphatic heterocycles. The van der Waals surface area contributed by atoms with Crippen molar-refractivity contribution in [1.82, 2.24) is 10.3 Å². The minimum Gasteiger partial charge on any atom is -0.495 e. The number of rotatable bonds is 3. The first kappa shape index (κ1) is 17.3. The minimum absolute atomic E-state index is 0.0668. The Balaban J connectivity index is 1.71. The van der Waals surface area contributed by atoms with Crippen molar-refractivity contribution in [1.29, 1.82) is 0 Å². The van der Waals surface area contributed by atoms with Gasteiger partial charge >= 0.3 is 0 Å². The lowest BCUT2D eigenvalue weighted by atomic mass is 10.1. The molecule has 25 heavy (non-hydrogen) atoms. The largest absolute Gasteiger partial charge is 0.495 e. The van der Waals surface area contributed by atoms with E-state index in [1.807, 2.05) is 44.1 Å². The maximum Gasteiger partial charge on any atom is 0.230 e. The number of anilines is 1. The van der Waals surface area contributed by atoms with Crippen LogP contribution in [-0.4, -0.2) is 49.4 Å². The molecule has 1 N–H and O–H groups in total. The van der Waals surface area contributed by atoms with Gasteiger partial charge in [0.1, 0.15) is 11.6 Å². The van der Waals surface area contributed by atoms with Gasteiger partial charge in [0.2, 0.25) is 11.8 Å². The van der Waals surface area contributed by atoms with E-state index in [9.17, 15) is 9.59 Å². The summed E-state index contributed by atoms with van der Waals surface area (Å²) in [7, 11) is 3.46. The first-order valence-electron chi connectivity index (χ1n) is 8.45. The minimum atomic E-state index is -0.387. The topological polar surface area (TPSA) is 74.2 Å². The third-order valence-corrected chi connectivity index (χ3v) is 4.79. The molecule has 0 saturated carbocycles. The van der Waals surface area contributed by atoms with Crippen molar-refractivity contribution < 1.29 is 14.3 Å². The second-order valence-electron chi connectivity index (χ2n) is 6.74. The fraction of sp³-hybridized carbons (Fsp3) is 0.500. The molecule has 7 heteroatoms. The Bertz CT molecular complexity index is 731. The standard InChI is InChI=1S/C18H24N4O3/c1-11-5-6-15(25-4)14(7-11)22-10-13(9-17(22)23)18(24)19-16-8-12(2)21(3)20-16/h5-7,12-13H,8-10H2,1-4H3,(H,19,20,24)/t12-,13+/m0/s1. The molecule has 1 fully saturated rings. The molecule has 1 aromatic rings. The van der Waals surface area contributed by atoms with Gasteiger partial charge in [-0.3, -0.25) is 14.6 Å². The molecule has 3 rings (SSSR count). The summed E-state index contributed by atoms with van der Waals surface area (Å²) < 4.78 is 5.37. The zero-order valence-corrected chi connectivity index (χ0v) is 15.1. The zero-order valence-electron chi connectivity index (χ0n) is 15.1. The summed E-state index contributed by atoms with van der Waals surface area (Å²) in [5.74, 6) is 0.697. The number of benzene rings is 1. The van der Waals surface area contributed by atoms with Gasteiger partial charge < -0.3 is 15.0 Å². The summed E-state index contributed by atoms with van der Waals surface area (Å²) in [4.78, 5) is 26.6. The van der Waals surface area contributed by atoms with Crippen LogP contribution >= 0.6 is 0 Å². The summed E-state index contributed by atoms with van der Waals surface area (Å²) in [6.45, 7) is 4.36. The number of nitrogens with zero attached hydrogens (tertiary/aromatic N) is 3. The van der Waals surface area contributed by atoms with Crippen LogP contribution in [0.25, 0.3) is 0 Å². The van der Waals surface area contributed by atoms with Crippen molar-refractivity contribution in [2.75, 3.05) is 25.6 Å². The summed E-state index contributed by atoms with van der Waals surface area (Å²) in [5, 5.41) is 9.02. The summed E-state index contributed by atoms with van der Waals surface area (Å²) in [5.41, 5.74) is 1.75. The van der Waals surface area contributed by atoms with Gasteiger partial charge in [-0.1, -0.05) is 6.07 Å². The Morgan fingerprint density at radius 2 is 2.12 bits per heavy atom. The molecule has 2 atom stereocenters. The molecule has 0 aromatic heterocycles. The first-order valence-corrected chi connectivity index (χ1v) is 8.45. The molecule has 0 spiro atoms. The average Bonchev–Trinajstić information content (AvgIpc) is 3.10. The van der Waals surface area contributed by atoms with E-state index in [0.717, 1.165) is 11.3 Å². The third-order valence-electron chi connectivity index (χ3n) is 4.79. The van der Waals surface area contributed by atoms with Crippen molar-refractivity contribution >= 4 is 23.3 Å². The maximum absolute atomic E-state index is 12.5. The van der Waals surface area contributed by atoms with E-state index >= 15 is 0 Å². The number of carbonyl (C=O) groups excluding carboxylic acids is 2. The Kier molecular flexibility index (Phi) is 4.65. The van der Waals surface area contributed by atoms with Crippen molar-refractivity contribution in [2.45, 2.75) is 32.7 Å². The molecule has 134 valence electrons. The van der Waals surface area contributed by atoms with Gasteiger partial charge in [0.05, 0.1) is 24.8 Å². The second kappa shape index (κ2) is 6.74. The molecule has 0 bridgehead atoms. The molecule has 0 unspecified atom stereocenters. The van der Waals surface area contributed by atoms with Crippen LogP contribution in [0.5, 0.6) is 5.75 Å². The predicted octanol–water partition coefficient (Wildman–Crippen LogP) is 1.51. The lowest BCUT2D eigenvalue weighted by Gasteiger charge is -2.20. The monoisotopic (exact) mass is 344 g/mol. The molecule has 2 heterocycles. The van der Waals surface area contributed by atoms with Crippen molar-refractivity contribution in [2.24, 2.45) is 11.0 Å². The molecular formula is C18H24N4O3. The van der Waals surface area contributed by atoms with E-state index in [2.05, 4.69) is 10.4 Å². The van der Waals surface area contributed by atoms with E-state index in [-0.39, 0.29) is 30.2 Å². The SMILES string of the molecule is COc1ccc(C)cc1N1C[C@H](C(=O)NC2=NN(C)[C@@H](C)C2)CC1=O. The van der Waals surface area contributed by atoms with Crippen LogP contribution in [0.15, 0.2) is 23.3 Å². The van der Waals surface area contributed by atoms with Crippen LogP contribution < -0.4 is 15.0 Å². The van der Waals surface area contributed by atoms with E-state index < -0.39 is 0 Å². The van der Waals surface area contributed by atoms with Crippen LogP contribution in [0.4, 0.5) is 5.69 Å². The van der Waals surface area contributed by atoms with Gasteiger partial charge in [0, 0.05) is 26.4 Å².